The van der Waals surface area contributed by atoms with Crippen LogP contribution in [0.1, 0.15) is 182 Å². The molecule has 11 nitrogen and oxygen atoms in total. The molecule has 15 rings (SSSR count). The van der Waals surface area contributed by atoms with Crippen molar-refractivity contribution in [3.8, 4) is 5.75 Å². The van der Waals surface area contributed by atoms with Crippen molar-refractivity contribution in [2.45, 2.75) is 232 Å². The Labute approximate surface area is 713 Å². The van der Waals surface area contributed by atoms with Crippen LogP contribution in [0.15, 0.2) is 178 Å². The second-order valence-corrected chi connectivity index (χ2v) is 37.1. The fraction of sp³-hybridized carbons (Fsp3) is 0.337. The van der Waals surface area contributed by atoms with Gasteiger partial charge >= 0.3 is 0 Å². The molecule has 5 heterocycles. The van der Waals surface area contributed by atoms with E-state index < -0.39 is 10.8 Å². The molecule has 0 amide bonds. The van der Waals surface area contributed by atoms with Gasteiger partial charge in [-0.05, 0) is 312 Å². The number of aromatic nitrogens is 8. The highest BCUT2D eigenvalue weighted by molar-refractivity contribution is 9.08. The molecule has 14 aromatic rings. The normalized spacial score (nSPS) is 11.7. The Hall–Kier alpha value is -8.55. The number of rotatable bonds is 16. The van der Waals surface area contributed by atoms with Crippen molar-refractivity contribution in [2.24, 2.45) is 0 Å². The number of benzene rings is 10. The molecule has 1 aliphatic heterocycles. The first-order valence-electron chi connectivity index (χ1n) is 39.9. The maximum Gasteiger partial charge on any atom is 0.197 e. The summed E-state index contributed by atoms with van der Waals surface area (Å²) < 4.78 is 18.1. The largest absolute Gasteiger partial charge is 0.497 e. The summed E-state index contributed by atoms with van der Waals surface area (Å²) in [6.07, 6.45) is 5.22. The maximum absolute atomic E-state index is 12.8. The predicted molar refractivity (Wildman–Crippen MR) is 506 cm³/mol. The minimum Gasteiger partial charge on any atom is -0.497 e. The van der Waals surface area contributed by atoms with Gasteiger partial charge in [0, 0.05) is 39.8 Å². The Kier molecular flexibility index (Phi) is 33.0. The number of ether oxygens (including phenoxy) is 1. The van der Waals surface area contributed by atoms with Crippen LogP contribution in [0.25, 0.3) is 44.1 Å². The lowest BCUT2D eigenvalue weighted by Gasteiger charge is -2.14. The van der Waals surface area contributed by atoms with Gasteiger partial charge in [0.15, 0.2) is 20.6 Å². The number of methoxy groups -OCH3 is 1. The molecule has 17 heteroatoms. The van der Waals surface area contributed by atoms with Gasteiger partial charge in [0.05, 0.1) is 72.8 Å². The van der Waals surface area contributed by atoms with Crippen molar-refractivity contribution in [1.29, 1.82) is 0 Å². The van der Waals surface area contributed by atoms with Crippen LogP contribution in [0, 0.1) is 104 Å². The Balaban J connectivity index is 0.000000157. The van der Waals surface area contributed by atoms with Crippen LogP contribution in [0.2, 0.25) is 0 Å². The van der Waals surface area contributed by atoms with Crippen LogP contribution >= 0.6 is 63.4 Å². The van der Waals surface area contributed by atoms with Gasteiger partial charge in [-0.2, -0.15) is 0 Å². The molecule has 0 bridgehead atoms. The fourth-order valence-electron chi connectivity index (χ4n) is 13.9. The zero-order chi connectivity index (χ0) is 83.5. The Morgan fingerprint density at radius 1 is 0.435 bits per heavy atom. The predicted octanol–water partition coefficient (Wildman–Crippen LogP) is 27.2. The molecule has 0 saturated carbocycles. The third-order valence-electron chi connectivity index (χ3n) is 21.3. The maximum atomic E-state index is 12.8. The first-order valence-corrected chi connectivity index (χ1v) is 45.5. The van der Waals surface area contributed by atoms with Gasteiger partial charge in [-0.15, -0.1) is 0 Å². The molecule has 5 N–H and O–H groups in total. The number of aryl methyl sites for hydroxylation is 13. The number of nitrogens with zero attached hydrogens (tertiary/aromatic N) is 4. The molecule has 604 valence electrons. The van der Waals surface area contributed by atoms with E-state index in [1.807, 2.05) is 43.3 Å². The summed E-state index contributed by atoms with van der Waals surface area (Å²) in [7, 11) is 0.498. The fourth-order valence-corrected chi connectivity index (χ4v) is 19.0. The average Bonchev–Trinajstić information content (AvgIpc) is 1.13. The Morgan fingerprint density at radius 2 is 0.843 bits per heavy atom. The SMILES string of the molecule is CCc1c(CBr)ccc(C)c1C.CCc1ccc(C)c(CS(=O)c2nc3ccc(C)cc3[nH]2)c1C.CCc1ccc(C)c(CSc2nc3ccc(C)cc3[nH]2)c1C.CCc1ccc(C)c(CSc2nc3ccc(C)cc3[nH]2)c1C.COc1ccc2nc(SC(C)(C)C)[nH]c2c1.Cc1ccc2c(c1)CC(=S)N2.Cc1cccc(C)c1C. The second-order valence-electron chi connectivity index (χ2n) is 30.9. The lowest BCUT2D eigenvalue weighted by Crippen LogP contribution is -2.06. The average molecular weight is 1690 g/mol. The van der Waals surface area contributed by atoms with Crippen molar-refractivity contribution in [3.05, 3.63) is 291 Å². The molecular formula is C98H118BrN9O2S5. The minimum absolute atomic E-state index is 0.165. The molecule has 0 spiro atoms. The first-order chi connectivity index (χ1) is 54.8. The van der Waals surface area contributed by atoms with Gasteiger partial charge in [-0.25, -0.2) is 19.9 Å². The number of imidazole rings is 4. The summed E-state index contributed by atoms with van der Waals surface area (Å²) in [6.45, 7) is 47.6. The molecule has 0 fully saturated rings. The van der Waals surface area contributed by atoms with E-state index >= 15 is 0 Å². The zero-order valence-electron chi connectivity index (χ0n) is 71.9. The minimum atomic E-state index is -1.17. The van der Waals surface area contributed by atoms with Crippen molar-refractivity contribution < 1.29 is 8.95 Å². The van der Waals surface area contributed by atoms with Gasteiger partial charge in [0.1, 0.15) is 5.75 Å². The summed E-state index contributed by atoms with van der Waals surface area (Å²) in [5, 5.41) is 7.64. The van der Waals surface area contributed by atoms with E-state index in [0.717, 1.165) is 119 Å². The van der Waals surface area contributed by atoms with Crippen molar-refractivity contribution in [1.82, 2.24) is 39.9 Å². The number of thioether (sulfide) groups is 3. The third kappa shape index (κ3) is 24.8. The van der Waals surface area contributed by atoms with Crippen LogP contribution in [0.5, 0.6) is 5.75 Å². The number of nitrogens with one attached hydrogen (secondary N) is 5. The van der Waals surface area contributed by atoms with Crippen molar-refractivity contribution >= 4 is 129 Å². The number of alkyl halides is 1. The summed E-state index contributed by atoms with van der Waals surface area (Å²) in [5.41, 5.74) is 42.0. The number of halogens is 1. The zero-order valence-corrected chi connectivity index (χ0v) is 77.6. The van der Waals surface area contributed by atoms with E-state index in [4.69, 9.17) is 17.0 Å². The molecule has 0 saturated heterocycles. The summed E-state index contributed by atoms with van der Waals surface area (Å²) in [4.78, 5) is 32.7. The van der Waals surface area contributed by atoms with Crippen molar-refractivity contribution in [3.63, 3.8) is 0 Å². The highest BCUT2D eigenvalue weighted by Crippen LogP contribution is 2.35. The highest BCUT2D eigenvalue weighted by atomic mass is 79.9. The number of aromatic amines is 4. The summed E-state index contributed by atoms with van der Waals surface area (Å²) >= 11 is 13.9. The molecule has 1 aliphatic rings. The summed E-state index contributed by atoms with van der Waals surface area (Å²) in [6, 6.07) is 55.0. The molecule has 10 aromatic carbocycles. The van der Waals surface area contributed by atoms with Crippen LogP contribution in [-0.4, -0.2) is 60.9 Å². The number of hydrogen-bond acceptors (Lipinski definition) is 10. The monoisotopic (exact) mass is 1690 g/mol. The lowest BCUT2D eigenvalue weighted by atomic mass is 9.97. The number of anilines is 1. The van der Waals surface area contributed by atoms with Crippen molar-refractivity contribution in [2.75, 3.05) is 12.4 Å². The number of thiocarbonyl (C=S) groups is 1. The molecule has 115 heavy (non-hydrogen) atoms. The van der Waals surface area contributed by atoms with E-state index in [-0.39, 0.29) is 4.75 Å². The van der Waals surface area contributed by atoms with E-state index in [9.17, 15) is 4.21 Å². The molecule has 4 aromatic heterocycles. The van der Waals surface area contributed by atoms with E-state index in [1.54, 1.807) is 42.4 Å². The summed E-state index contributed by atoms with van der Waals surface area (Å²) in [5.74, 6) is 3.28. The van der Waals surface area contributed by atoms with Crippen LogP contribution in [0.3, 0.4) is 0 Å². The van der Waals surface area contributed by atoms with Gasteiger partial charge in [-0.3, -0.25) is 4.21 Å². The van der Waals surface area contributed by atoms with Crippen LogP contribution < -0.4 is 10.1 Å². The molecule has 0 aliphatic carbocycles. The van der Waals surface area contributed by atoms with Gasteiger partial charge in [0.25, 0.3) is 0 Å². The lowest BCUT2D eigenvalue weighted by molar-refractivity contribution is 0.415. The Morgan fingerprint density at radius 3 is 1.31 bits per heavy atom. The van der Waals surface area contributed by atoms with Gasteiger partial charge in [0.2, 0.25) is 0 Å². The van der Waals surface area contributed by atoms with Crippen LogP contribution in [0.4, 0.5) is 5.69 Å². The molecule has 1 unspecified atom stereocenters. The second kappa shape index (κ2) is 42.0. The first kappa shape index (κ1) is 90.4. The quantitative estimate of drug-likeness (QED) is 0.0357. The number of fused-ring (bicyclic) bond motifs is 5. The van der Waals surface area contributed by atoms with Gasteiger partial charge in [-0.1, -0.05) is 215 Å². The van der Waals surface area contributed by atoms with E-state index in [0.29, 0.717) is 10.9 Å². The molecule has 0 radical (unpaired) electrons. The number of hydrogen-bond donors (Lipinski definition) is 5. The smallest absolute Gasteiger partial charge is 0.197 e. The van der Waals surface area contributed by atoms with E-state index in [1.165, 1.54) is 139 Å². The molecular weight excluding hydrogens is 1580 g/mol. The third-order valence-corrected chi connectivity index (χ3v) is 26.1. The number of H-pyrrole nitrogens is 4. The topological polar surface area (TPSA) is 153 Å². The molecule has 1 atom stereocenters. The van der Waals surface area contributed by atoms with Gasteiger partial charge < -0.3 is 30.0 Å². The van der Waals surface area contributed by atoms with E-state index in [2.05, 4.69) is 328 Å². The Bertz CT molecular complexity index is 5560. The highest BCUT2D eigenvalue weighted by Gasteiger charge is 2.19. The van der Waals surface area contributed by atoms with Crippen LogP contribution in [-0.2, 0) is 65.5 Å². The standard InChI is InChI=1S/C19H22N2OS.2C19H22N2S.C12H16N2OS.C11H15Br.C9H9NS.C9H12/c1-5-15-8-7-13(3)16(14(15)4)11-23(22)19-20-17-9-6-12(2)10-18(17)21-19;2*1-5-15-8-7-13(3)16(14(15)4)11-22-19-20-17-9-6-12(2)10-18(17)21-19;1-12(2,3)16-11-13-9-6-5-8(15-4)7-10(9)14-11;1-4-11-9(3)8(2)5-6-10(11)7-12;1-6-2-3-8-7(4-6)5-9(11)10-8;1-7-5-4-6-8(2)9(7)3/h6-10H,5,11H2,1-4H3,(H,20,21);2*6-10H,5,11H2,1-4H3,(H,20,21);5-7H,1-4H3,(H,13,14);5-6H,4,7H2,1-3H3;2-4H,5H2,1H3,(H,10,11);4-6H,1-3H3.